The van der Waals surface area contributed by atoms with Crippen LogP contribution >= 0.6 is 11.6 Å². The molecule has 6 heteroatoms. The lowest BCUT2D eigenvalue weighted by Gasteiger charge is -2.08. The van der Waals surface area contributed by atoms with Gasteiger partial charge in [-0.25, -0.2) is 5.43 Å². The molecule has 0 saturated heterocycles. The number of aromatic hydroxyl groups is 1. The zero-order valence-electron chi connectivity index (χ0n) is 16.9. The minimum atomic E-state index is -0.392. The van der Waals surface area contributed by atoms with Crippen LogP contribution in [0.2, 0.25) is 5.02 Å². The molecule has 2 N–H and O–H groups in total. The number of carbonyl (C=O) groups is 1. The number of benzene rings is 3. The number of carbonyl (C=O) groups excluding carboxylic acids is 1. The fourth-order valence-electron chi connectivity index (χ4n) is 2.84. The Morgan fingerprint density at radius 2 is 1.90 bits per heavy atom. The first-order valence-electron chi connectivity index (χ1n) is 9.49. The van der Waals surface area contributed by atoms with E-state index in [4.69, 9.17) is 16.3 Å². The van der Waals surface area contributed by atoms with Gasteiger partial charge in [0.05, 0.1) is 6.21 Å². The summed E-state index contributed by atoms with van der Waals surface area (Å²) in [7, 11) is 0. The molecule has 5 nitrogen and oxygen atoms in total. The predicted octanol–water partition coefficient (Wildman–Crippen LogP) is 4.78. The Kier molecular flexibility index (Phi) is 7.09. The fraction of sp³-hybridized carbons (Fsp3) is 0.167. The number of hydrogen-bond donors (Lipinski definition) is 2. The molecule has 0 aliphatic carbocycles. The SMILES string of the molecule is Cc1ccc(OCC(=O)NN=Cc2cc(Cc3ccccc3Cl)ccc2O)cc1C. The van der Waals surface area contributed by atoms with Gasteiger partial charge in [0.25, 0.3) is 5.91 Å². The highest BCUT2D eigenvalue weighted by Crippen LogP contribution is 2.22. The van der Waals surface area contributed by atoms with Gasteiger partial charge in [-0.1, -0.05) is 41.9 Å². The topological polar surface area (TPSA) is 70.9 Å². The summed E-state index contributed by atoms with van der Waals surface area (Å²) in [6.07, 6.45) is 2.02. The van der Waals surface area contributed by atoms with E-state index in [0.29, 0.717) is 22.8 Å². The van der Waals surface area contributed by atoms with E-state index >= 15 is 0 Å². The zero-order valence-corrected chi connectivity index (χ0v) is 17.6. The van der Waals surface area contributed by atoms with Gasteiger partial charge in [-0.2, -0.15) is 5.10 Å². The van der Waals surface area contributed by atoms with Crippen LogP contribution in [0.25, 0.3) is 0 Å². The molecule has 0 heterocycles. The van der Waals surface area contributed by atoms with Crippen LogP contribution < -0.4 is 10.2 Å². The van der Waals surface area contributed by atoms with Crippen molar-refractivity contribution in [2.24, 2.45) is 5.10 Å². The molecule has 0 aliphatic rings. The van der Waals surface area contributed by atoms with E-state index < -0.39 is 5.91 Å². The van der Waals surface area contributed by atoms with E-state index in [0.717, 1.165) is 22.3 Å². The molecule has 3 rings (SSSR count). The molecule has 3 aromatic carbocycles. The number of amides is 1. The molecule has 0 spiro atoms. The summed E-state index contributed by atoms with van der Waals surface area (Å²) < 4.78 is 5.48. The minimum Gasteiger partial charge on any atom is -0.507 e. The van der Waals surface area contributed by atoms with E-state index in [1.807, 2.05) is 62.4 Å². The summed E-state index contributed by atoms with van der Waals surface area (Å²) in [4.78, 5) is 12.0. The summed E-state index contributed by atoms with van der Waals surface area (Å²) in [5.74, 6) is 0.306. The number of phenolic OH excluding ortho intramolecular Hbond substituents is 1. The quantitative estimate of drug-likeness (QED) is 0.425. The molecule has 0 aliphatic heterocycles. The van der Waals surface area contributed by atoms with Crippen molar-refractivity contribution in [1.29, 1.82) is 0 Å². The number of aryl methyl sites for hydroxylation is 2. The summed E-state index contributed by atoms with van der Waals surface area (Å²) in [5.41, 5.74) is 7.11. The highest BCUT2D eigenvalue weighted by molar-refractivity contribution is 6.31. The first kappa shape index (κ1) is 21.4. The maximum atomic E-state index is 12.0. The van der Waals surface area contributed by atoms with Crippen LogP contribution in [0.15, 0.2) is 65.8 Å². The van der Waals surface area contributed by atoms with Gasteiger partial charge < -0.3 is 9.84 Å². The van der Waals surface area contributed by atoms with Crippen molar-refractivity contribution < 1.29 is 14.6 Å². The van der Waals surface area contributed by atoms with Crippen molar-refractivity contribution in [3.8, 4) is 11.5 Å². The Morgan fingerprint density at radius 1 is 1.10 bits per heavy atom. The Morgan fingerprint density at radius 3 is 2.67 bits per heavy atom. The van der Waals surface area contributed by atoms with Crippen LogP contribution in [0.3, 0.4) is 0 Å². The lowest BCUT2D eigenvalue weighted by Crippen LogP contribution is -2.24. The molecule has 0 fully saturated rings. The van der Waals surface area contributed by atoms with Crippen LogP contribution in [0, 0.1) is 13.8 Å². The van der Waals surface area contributed by atoms with Crippen molar-refractivity contribution in [2.45, 2.75) is 20.3 Å². The standard InChI is InChI=1S/C24H23ClN2O3/c1-16-7-9-21(11-17(16)2)30-15-24(29)27-26-14-20-13-18(8-10-23(20)28)12-19-5-3-4-6-22(19)25/h3-11,13-14,28H,12,15H2,1-2H3,(H,27,29). The van der Waals surface area contributed by atoms with Gasteiger partial charge in [0.15, 0.2) is 6.61 Å². The Balaban J connectivity index is 1.57. The van der Waals surface area contributed by atoms with Crippen LogP contribution in [-0.2, 0) is 11.2 Å². The lowest BCUT2D eigenvalue weighted by molar-refractivity contribution is -0.123. The number of hydrazone groups is 1. The number of hydrogen-bond acceptors (Lipinski definition) is 4. The van der Waals surface area contributed by atoms with E-state index in [9.17, 15) is 9.90 Å². The third-order valence-electron chi connectivity index (χ3n) is 4.69. The molecule has 0 unspecified atom stereocenters. The first-order valence-corrected chi connectivity index (χ1v) is 9.87. The number of nitrogens with one attached hydrogen (secondary N) is 1. The Bertz CT molecular complexity index is 1080. The second-order valence-electron chi connectivity index (χ2n) is 6.99. The largest absolute Gasteiger partial charge is 0.507 e. The van der Waals surface area contributed by atoms with Crippen molar-refractivity contribution in [3.05, 3.63) is 93.5 Å². The molecular formula is C24H23ClN2O3. The number of phenols is 1. The van der Waals surface area contributed by atoms with Gasteiger partial charge in [0.2, 0.25) is 0 Å². The van der Waals surface area contributed by atoms with E-state index in [1.165, 1.54) is 6.21 Å². The van der Waals surface area contributed by atoms with Gasteiger partial charge in [0.1, 0.15) is 11.5 Å². The molecule has 0 radical (unpaired) electrons. The van der Waals surface area contributed by atoms with Crippen LogP contribution in [0.4, 0.5) is 0 Å². The second kappa shape index (κ2) is 9.94. The number of ether oxygens (including phenoxy) is 1. The molecule has 154 valence electrons. The summed E-state index contributed by atoms with van der Waals surface area (Å²) in [5, 5.41) is 14.7. The number of rotatable bonds is 7. The van der Waals surface area contributed by atoms with E-state index in [1.54, 1.807) is 12.1 Å². The molecule has 3 aromatic rings. The van der Waals surface area contributed by atoms with Crippen molar-refractivity contribution in [2.75, 3.05) is 6.61 Å². The summed E-state index contributed by atoms with van der Waals surface area (Å²) in [6, 6.07) is 18.5. The maximum Gasteiger partial charge on any atom is 0.277 e. The minimum absolute atomic E-state index is 0.0716. The fourth-order valence-corrected chi connectivity index (χ4v) is 3.04. The third-order valence-corrected chi connectivity index (χ3v) is 5.05. The maximum absolute atomic E-state index is 12.0. The van der Waals surface area contributed by atoms with Crippen molar-refractivity contribution in [3.63, 3.8) is 0 Å². The lowest BCUT2D eigenvalue weighted by atomic mass is 10.0. The highest BCUT2D eigenvalue weighted by atomic mass is 35.5. The van der Waals surface area contributed by atoms with Gasteiger partial charge in [-0.15, -0.1) is 0 Å². The van der Waals surface area contributed by atoms with Crippen LogP contribution in [0.1, 0.15) is 27.8 Å². The van der Waals surface area contributed by atoms with Crippen LogP contribution in [-0.4, -0.2) is 23.8 Å². The van der Waals surface area contributed by atoms with Gasteiger partial charge in [-0.05, 0) is 72.9 Å². The van der Waals surface area contributed by atoms with Gasteiger partial charge in [-0.3, -0.25) is 4.79 Å². The van der Waals surface area contributed by atoms with Crippen molar-refractivity contribution in [1.82, 2.24) is 5.43 Å². The second-order valence-corrected chi connectivity index (χ2v) is 7.40. The molecule has 1 amide bonds. The Labute approximate surface area is 181 Å². The molecular weight excluding hydrogens is 400 g/mol. The molecule has 0 bridgehead atoms. The number of halogens is 1. The van der Waals surface area contributed by atoms with Gasteiger partial charge in [0, 0.05) is 10.6 Å². The highest BCUT2D eigenvalue weighted by Gasteiger charge is 2.06. The predicted molar refractivity (Wildman–Crippen MR) is 120 cm³/mol. The average molecular weight is 423 g/mol. The average Bonchev–Trinajstić information content (AvgIpc) is 2.73. The Hall–Kier alpha value is -3.31. The molecule has 0 saturated carbocycles. The zero-order chi connectivity index (χ0) is 21.5. The van der Waals surface area contributed by atoms with Crippen molar-refractivity contribution >= 4 is 23.7 Å². The molecule has 0 aromatic heterocycles. The molecule has 30 heavy (non-hydrogen) atoms. The molecule has 0 atom stereocenters. The summed E-state index contributed by atoms with van der Waals surface area (Å²) >= 11 is 6.22. The van der Waals surface area contributed by atoms with Gasteiger partial charge >= 0.3 is 0 Å². The monoisotopic (exact) mass is 422 g/mol. The smallest absolute Gasteiger partial charge is 0.277 e. The van der Waals surface area contributed by atoms with Crippen LogP contribution in [0.5, 0.6) is 11.5 Å². The number of nitrogens with zero attached hydrogens (tertiary/aromatic N) is 1. The first-order chi connectivity index (χ1) is 14.4. The third kappa shape index (κ3) is 5.84. The summed E-state index contributed by atoms with van der Waals surface area (Å²) in [6.45, 7) is 3.84. The van der Waals surface area contributed by atoms with E-state index in [-0.39, 0.29) is 12.4 Å². The normalized spacial score (nSPS) is 10.9. The van der Waals surface area contributed by atoms with E-state index in [2.05, 4.69) is 10.5 Å².